The molecular formula is C10H15NO2S. The molecular weight excluding hydrogens is 198 g/mol. The minimum atomic E-state index is -0.534. The third kappa shape index (κ3) is 3.12. The lowest BCUT2D eigenvalue weighted by molar-refractivity contribution is -0.144. The van der Waals surface area contributed by atoms with Crippen molar-refractivity contribution in [2.45, 2.75) is 26.3 Å². The van der Waals surface area contributed by atoms with Crippen LogP contribution in [-0.2, 0) is 16.0 Å². The predicted molar refractivity (Wildman–Crippen MR) is 57.4 cm³/mol. The summed E-state index contributed by atoms with van der Waals surface area (Å²) in [7, 11) is 0. The molecule has 0 saturated carbocycles. The van der Waals surface area contributed by atoms with Gasteiger partial charge in [-0.25, -0.2) is 0 Å². The molecule has 1 rings (SSSR count). The molecule has 0 bridgehead atoms. The molecule has 0 aromatic carbocycles. The van der Waals surface area contributed by atoms with E-state index in [9.17, 15) is 4.79 Å². The molecule has 0 aliphatic rings. The number of aryl methyl sites for hydroxylation is 1. The Bertz CT molecular complexity index is 309. The SMILES string of the molecule is CCOC(=O)[C@H](N)Cc1ccc(C)s1. The highest BCUT2D eigenvalue weighted by Gasteiger charge is 2.15. The van der Waals surface area contributed by atoms with Gasteiger partial charge in [-0.2, -0.15) is 0 Å². The summed E-state index contributed by atoms with van der Waals surface area (Å²) >= 11 is 1.66. The number of rotatable bonds is 4. The van der Waals surface area contributed by atoms with Crippen LogP contribution in [0.5, 0.6) is 0 Å². The number of esters is 1. The molecule has 3 nitrogen and oxygen atoms in total. The fourth-order valence-electron chi connectivity index (χ4n) is 1.14. The number of hydrogen-bond donors (Lipinski definition) is 1. The van der Waals surface area contributed by atoms with Crippen LogP contribution < -0.4 is 5.73 Å². The molecule has 0 fully saturated rings. The Hall–Kier alpha value is -0.870. The molecule has 1 aromatic heterocycles. The van der Waals surface area contributed by atoms with E-state index in [0.29, 0.717) is 13.0 Å². The Kier molecular flexibility index (Phi) is 4.10. The Balaban J connectivity index is 2.48. The molecule has 14 heavy (non-hydrogen) atoms. The second-order valence-electron chi connectivity index (χ2n) is 3.08. The summed E-state index contributed by atoms with van der Waals surface area (Å²) in [6, 6.07) is 3.49. The Morgan fingerprint density at radius 3 is 2.86 bits per heavy atom. The molecule has 0 aliphatic heterocycles. The average molecular weight is 213 g/mol. The molecule has 0 radical (unpaired) electrons. The van der Waals surface area contributed by atoms with Crippen LogP contribution in [0.3, 0.4) is 0 Å². The summed E-state index contributed by atoms with van der Waals surface area (Å²) in [4.78, 5) is 13.6. The normalized spacial score (nSPS) is 12.5. The highest BCUT2D eigenvalue weighted by Crippen LogP contribution is 2.16. The van der Waals surface area contributed by atoms with Gasteiger partial charge in [0.1, 0.15) is 6.04 Å². The maximum atomic E-state index is 11.2. The van der Waals surface area contributed by atoms with Crippen molar-refractivity contribution in [1.82, 2.24) is 0 Å². The highest BCUT2D eigenvalue weighted by atomic mass is 32.1. The highest BCUT2D eigenvalue weighted by molar-refractivity contribution is 7.11. The second-order valence-corrected chi connectivity index (χ2v) is 4.45. The molecule has 1 aromatic rings. The van der Waals surface area contributed by atoms with Crippen LogP contribution in [0, 0.1) is 6.92 Å². The summed E-state index contributed by atoms with van der Waals surface area (Å²) < 4.78 is 4.82. The molecule has 0 aliphatic carbocycles. The van der Waals surface area contributed by atoms with Crippen molar-refractivity contribution in [3.63, 3.8) is 0 Å². The topological polar surface area (TPSA) is 52.3 Å². The zero-order valence-electron chi connectivity index (χ0n) is 8.45. The minimum Gasteiger partial charge on any atom is -0.465 e. The van der Waals surface area contributed by atoms with Gasteiger partial charge in [0.15, 0.2) is 0 Å². The third-order valence-electron chi connectivity index (χ3n) is 1.81. The summed E-state index contributed by atoms with van der Waals surface area (Å²) in [6.45, 7) is 4.19. The number of carbonyl (C=O) groups excluding carboxylic acids is 1. The van der Waals surface area contributed by atoms with Crippen LogP contribution in [0.4, 0.5) is 0 Å². The standard InChI is InChI=1S/C10H15NO2S/c1-3-13-10(12)9(11)6-8-5-4-7(2)14-8/h4-5,9H,3,6,11H2,1-2H3/t9-/m1/s1. The zero-order chi connectivity index (χ0) is 10.6. The molecule has 0 unspecified atom stereocenters. The summed E-state index contributed by atoms with van der Waals surface area (Å²) in [6.07, 6.45) is 0.567. The molecule has 0 amide bonds. The van der Waals surface area contributed by atoms with Gasteiger partial charge in [0.2, 0.25) is 0 Å². The summed E-state index contributed by atoms with van der Waals surface area (Å²) in [5.41, 5.74) is 5.68. The lowest BCUT2D eigenvalue weighted by Gasteiger charge is -2.08. The maximum absolute atomic E-state index is 11.2. The van der Waals surface area contributed by atoms with E-state index >= 15 is 0 Å². The van der Waals surface area contributed by atoms with Gasteiger partial charge in [0, 0.05) is 16.2 Å². The first-order valence-corrected chi connectivity index (χ1v) is 5.42. The van der Waals surface area contributed by atoms with Gasteiger partial charge < -0.3 is 10.5 Å². The van der Waals surface area contributed by atoms with Crippen molar-refractivity contribution < 1.29 is 9.53 Å². The van der Waals surface area contributed by atoms with Crippen LogP contribution in [0.2, 0.25) is 0 Å². The van der Waals surface area contributed by atoms with Crippen molar-refractivity contribution >= 4 is 17.3 Å². The van der Waals surface area contributed by atoms with Crippen molar-refractivity contribution in [2.75, 3.05) is 6.61 Å². The predicted octanol–water partition coefficient (Wildman–Crippen LogP) is 1.49. The van der Waals surface area contributed by atoms with E-state index in [1.807, 2.05) is 19.1 Å². The first kappa shape index (κ1) is 11.2. The average Bonchev–Trinajstić information content (AvgIpc) is 2.51. The number of nitrogens with two attached hydrogens (primary N) is 1. The van der Waals surface area contributed by atoms with Crippen molar-refractivity contribution in [1.29, 1.82) is 0 Å². The van der Waals surface area contributed by atoms with Crippen LogP contribution in [0.25, 0.3) is 0 Å². The zero-order valence-corrected chi connectivity index (χ0v) is 9.26. The van der Waals surface area contributed by atoms with Crippen molar-refractivity contribution in [3.05, 3.63) is 21.9 Å². The number of hydrogen-bond acceptors (Lipinski definition) is 4. The molecule has 0 saturated heterocycles. The van der Waals surface area contributed by atoms with Gasteiger partial charge in [-0.15, -0.1) is 11.3 Å². The second kappa shape index (κ2) is 5.12. The van der Waals surface area contributed by atoms with E-state index in [1.54, 1.807) is 18.3 Å². The van der Waals surface area contributed by atoms with E-state index < -0.39 is 6.04 Å². The van der Waals surface area contributed by atoms with E-state index in [1.165, 1.54) is 4.88 Å². The number of ether oxygens (including phenoxy) is 1. The van der Waals surface area contributed by atoms with Crippen LogP contribution >= 0.6 is 11.3 Å². The van der Waals surface area contributed by atoms with Crippen LogP contribution in [0.15, 0.2) is 12.1 Å². The van der Waals surface area contributed by atoms with Gasteiger partial charge in [-0.1, -0.05) is 0 Å². The first-order chi connectivity index (χ1) is 6.63. The molecule has 4 heteroatoms. The van der Waals surface area contributed by atoms with Crippen molar-refractivity contribution in [2.24, 2.45) is 5.73 Å². The largest absolute Gasteiger partial charge is 0.465 e. The van der Waals surface area contributed by atoms with E-state index in [0.717, 1.165) is 4.88 Å². The van der Waals surface area contributed by atoms with Crippen LogP contribution in [0.1, 0.15) is 16.7 Å². The number of thiophene rings is 1. The van der Waals surface area contributed by atoms with Gasteiger partial charge in [0.25, 0.3) is 0 Å². The fourth-order valence-corrected chi connectivity index (χ4v) is 2.09. The summed E-state index contributed by atoms with van der Waals surface area (Å²) in [5, 5.41) is 0. The molecule has 1 heterocycles. The first-order valence-electron chi connectivity index (χ1n) is 4.61. The fraction of sp³-hybridized carbons (Fsp3) is 0.500. The van der Waals surface area contributed by atoms with E-state index in [4.69, 9.17) is 10.5 Å². The van der Waals surface area contributed by atoms with Crippen LogP contribution in [-0.4, -0.2) is 18.6 Å². The van der Waals surface area contributed by atoms with Gasteiger partial charge >= 0.3 is 5.97 Å². The van der Waals surface area contributed by atoms with Gasteiger partial charge in [-0.3, -0.25) is 4.79 Å². The third-order valence-corrected chi connectivity index (χ3v) is 2.83. The smallest absolute Gasteiger partial charge is 0.323 e. The lowest BCUT2D eigenvalue weighted by Crippen LogP contribution is -2.34. The Morgan fingerprint density at radius 2 is 2.36 bits per heavy atom. The molecule has 0 spiro atoms. The maximum Gasteiger partial charge on any atom is 0.323 e. The number of carbonyl (C=O) groups is 1. The molecule has 78 valence electrons. The monoisotopic (exact) mass is 213 g/mol. The minimum absolute atomic E-state index is 0.321. The summed E-state index contributed by atoms with van der Waals surface area (Å²) in [5.74, 6) is -0.321. The lowest BCUT2D eigenvalue weighted by atomic mass is 10.2. The van der Waals surface area contributed by atoms with Gasteiger partial charge in [0.05, 0.1) is 6.61 Å². The Labute approximate surface area is 87.9 Å². The molecule has 1 atom stereocenters. The quantitative estimate of drug-likeness (QED) is 0.771. The van der Waals surface area contributed by atoms with Gasteiger partial charge in [-0.05, 0) is 26.0 Å². The van der Waals surface area contributed by atoms with E-state index in [2.05, 4.69) is 0 Å². The molecule has 2 N–H and O–H groups in total. The van der Waals surface area contributed by atoms with E-state index in [-0.39, 0.29) is 5.97 Å². The van der Waals surface area contributed by atoms with Crippen molar-refractivity contribution in [3.8, 4) is 0 Å². The Morgan fingerprint density at radius 1 is 1.64 bits per heavy atom.